The van der Waals surface area contributed by atoms with E-state index in [0.29, 0.717) is 17.7 Å². The molecule has 0 aliphatic carbocycles. The molecule has 0 spiro atoms. The van der Waals surface area contributed by atoms with E-state index in [1.54, 1.807) is 0 Å². The van der Waals surface area contributed by atoms with Crippen LogP contribution in [0.3, 0.4) is 0 Å². The third kappa shape index (κ3) is 5.45. The van der Waals surface area contributed by atoms with E-state index in [1.165, 1.54) is 12.0 Å². The lowest BCUT2D eigenvalue weighted by Crippen LogP contribution is -2.45. The Balaban J connectivity index is 1.63. The van der Waals surface area contributed by atoms with Crippen molar-refractivity contribution in [1.29, 1.82) is 0 Å². The summed E-state index contributed by atoms with van der Waals surface area (Å²) in [6.45, 7) is 11.9. The average Bonchev–Trinajstić information content (AvgIpc) is 3.23. The van der Waals surface area contributed by atoms with Gasteiger partial charge in [-0.15, -0.1) is 0 Å². The number of hydrogen-bond acceptors (Lipinski definition) is 3. The number of aryl methyl sites for hydroxylation is 3. The fraction of sp³-hybridized carbons (Fsp3) is 0.407. The predicted molar refractivity (Wildman–Crippen MR) is 142 cm³/mol. The second kappa shape index (κ2) is 10.1. The maximum Gasteiger partial charge on any atom is 0.253 e. The molecular formula is C27H34N4OS. The highest BCUT2D eigenvalue weighted by Gasteiger charge is 2.27. The molecule has 0 bridgehead atoms. The number of rotatable bonds is 6. The lowest BCUT2D eigenvalue weighted by atomic mass is 10.1. The zero-order chi connectivity index (χ0) is 23.5. The van der Waals surface area contributed by atoms with Gasteiger partial charge in [0.25, 0.3) is 5.56 Å². The Morgan fingerprint density at radius 1 is 1.15 bits per heavy atom. The summed E-state index contributed by atoms with van der Waals surface area (Å²) in [5, 5.41) is 5.17. The molecule has 1 fully saturated rings. The molecule has 1 aromatic heterocycles. The Bertz CT molecular complexity index is 1220. The monoisotopic (exact) mass is 462 g/mol. The number of anilines is 1. The van der Waals surface area contributed by atoms with Crippen molar-refractivity contribution in [2.24, 2.45) is 0 Å². The quantitative estimate of drug-likeness (QED) is 0.497. The number of hydrogen-bond donors (Lipinski definition) is 2. The van der Waals surface area contributed by atoms with Crippen LogP contribution in [0, 0.1) is 20.8 Å². The van der Waals surface area contributed by atoms with Gasteiger partial charge in [-0.25, -0.2) is 0 Å². The Kier molecular flexibility index (Phi) is 7.15. The zero-order valence-electron chi connectivity index (χ0n) is 20.1. The van der Waals surface area contributed by atoms with Crippen molar-refractivity contribution in [1.82, 2.24) is 14.8 Å². The first kappa shape index (κ1) is 23.5. The molecule has 6 heteroatoms. The van der Waals surface area contributed by atoms with Crippen molar-refractivity contribution in [2.75, 3.05) is 25.0 Å². The van der Waals surface area contributed by atoms with Gasteiger partial charge >= 0.3 is 0 Å². The van der Waals surface area contributed by atoms with Gasteiger partial charge in [0.1, 0.15) is 0 Å². The molecule has 1 saturated heterocycles. The van der Waals surface area contributed by atoms with Crippen LogP contribution in [0.5, 0.6) is 0 Å². The number of nitrogens with one attached hydrogen (secondary N) is 2. The number of aromatic amines is 1. The van der Waals surface area contributed by atoms with Crippen molar-refractivity contribution >= 4 is 33.9 Å². The second-order valence-corrected chi connectivity index (χ2v) is 9.65. The smallest absolute Gasteiger partial charge is 0.253 e. The number of pyridine rings is 1. The summed E-state index contributed by atoms with van der Waals surface area (Å²) in [5.74, 6) is 0. The number of likely N-dealkylation sites (N-methyl/N-ethyl adjacent to an activating group) is 1. The molecule has 1 atom stereocenters. The van der Waals surface area contributed by atoms with E-state index in [1.807, 2.05) is 19.1 Å². The summed E-state index contributed by atoms with van der Waals surface area (Å²) < 4.78 is 0. The lowest BCUT2D eigenvalue weighted by molar-refractivity contribution is 0.221. The van der Waals surface area contributed by atoms with Gasteiger partial charge in [-0.3, -0.25) is 9.69 Å². The first-order valence-corrected chi connectivity index (χ1v) is 12.2. The van der Waals surface area contributed by atoms with Crippen molar-refractivity contribution in [3.63, 3.8) is 0 Å². The second-order valence-electron chi connectivity index (χ2n) is 9.27. The van der Waals surface area contributed by atoms with E-state index < -0.39 is 0 Å². The predicted octanol–water partition coefficient (Wildman–Crippen LogP) is 5.14. The largest absolute Gasteiger partial charge is 0.343 e. The molecule has 3 aromatic rings. The number of likely N-dealkylation sites (tertiary alicyclic amines) is 1. The van der Waals surface area contributed by atoms with Crippen LogP contribution in [-0.4, -0.2) is 45.6 Å². The van der Waals surface area contributed by atoms with Crippen LogP contribution in [0.2, 0.25) is 0 Å². The van der Waals surface area contributed by atoms with Crippen LogP contribution in [0.25, 0.3) is 10.9 Å². The molecule has 0 saturated carbocycles. The molecule has 2 heterocycles. The first-order chi connectivity index (χ1) is 15.8. The fourth-order valence-electron chi connectivity index (χ4n) is 4.74. The minimum absolute atomic E-state index is 0.0496. The number of fused-ring (bicyclic) bond motifs is 1. The summed E-state index contributed by atoms with van der Waals surface area (Å²) in [4.78, 5) is 20.7. The Labute approximate surface area is 201 Å². The van der Waals surface area contributed by atoms with E-state index in [9.17, 15) is 4.79 Å². The molecule has 0 amide bonds. The fourth-order valence-corrected chi connectivity index (χ4v) is 4.99. The van der Waals surface area contributed by atoms with Gasteiger partial charge in [0, 0.05) is 29.4 Å². The number of thiocarbonyl (C=S) groups is 1. The molecule has 1 unspecified atom stereocenters. The van der Waals surface area contributed by atoms with E-state index >= 15 is 0 Å². The number of nitrogens with zero attached hydrogens (tertiary/aromatic N) is 2. The van der Waals surface area contributed by atoms with Crippen molar-refractivity contribution in [3.05, 3.63) is 75.1 Å². The summed E-state index contributed by atoms with van der Waals surface area (Å²) in [5.41, 5.74) is 6.05. The third-order valence-electron chi connectivity index (χ3n) is 6.70. The van der Waals surface area contributed by atoms with Gasteiger partial charge in [0.05, 0.1) is 6.54 Å². The molecule has 33 heavy (non-hydrogen) atoms. The van der Waals surface area contributed by atoms with Crippen LogP contribution in [-0.2, 0) is 6.54 Å². The van der Waals surface area contributed by atoms with E-state index in [4.69, 9.17) is 12.2 Å². The van der Waals surface area contributed by atoms with Gasteiger partial charge in [-0.05, 0) is 99.2 Å². The number of benzene rings is 2. The molecule has 174 valence electrons. The zero-order valence-corrected chi connectivity index (χ0v) is 20.9. The summed E-state index contributed by atoms with van der Waals surface area (Å²) in [7, 11) is 0. The minimum Gasteiger partial charge on any atom is -0.343 e. The molecule has 4 rings (SSSR count). The van der Waals surface area contributed by atoms with Gasteiger partial charge in [0.15, 0.2) is 5.11 Å². The van der Waals surface area contributed by atoms with Gasteiger partial charge < -0.3 is 15.2 Å². The third-order valence-corrected chi connectivity index (χ3v) is 7.06. The number of H-pyrrole nitrogens is 1. The highest BCUT2D eigenvalue weighted by molar-refractivity contribution is 7.80. The van der Waals surface area contributed by atoms with Gasteiger partial charge in [-0.1, -0.05) is 31.2 Å². The molecule has 2 aromatic carbocycles. The van der Waals surface area contributed by atoms with E-state index in [2.05, 4.69) is 71.2 Å². The molecule has 1 aliphatic heterocycles. The van der Waals surface area contributed by atoms with Crippen LogP contribution in [0.15, 0.2) is 47.3 Å². The van der Waals surface area contributed by atoms with Crippen molar-refractivity contribution < 1.29 is 0 Å². The topological polar surface area (TPSA) is 51.4 Å². The minimum atomic E-state index is -0.0496. The van der Waals surface area contributed by atoms with Crippen LogP contribution < -0.4 is 10.9 Å². The number of aromatic nitrogens is 1. The maximum atomic E-state index is 13.0. The molecule has 0 radical (unpaired) electrons. The lowest BCUT2D eigenvalue weighted by Gasteiger charge is -2.32. The Morgan fingerprint density at radius 3 is 2.70 bits per heavy atom. The Hall–Kier alpha value is -2.70. The normalized spacial score (nSPS) is 16.3. The van der Waals surface area contributed by atoms with E-state index in [-0.39, 0.29) is 5.56 Å². The highest BCUT2D eigenvalue weighted by Crippen LogP contribution is 2.22. The first-order valence-electron chi connectivity index (χ1n) is 11.8. The van der Waals surface area contributed by atoms with Crippen LogP contribution in [0.1, 0.15) is 42.0 Å². The van der Waals surface area contributed by atoms with Gasteiger partial charge in [-0.2, -0.15) is 0 Å². The van der Waals surface area contributed by atoms with Crippen LogP contribution >= 0.6 is 12.2 Å². The van der Waals surface area contributed by atoms with E-state index in [0.717, 1.165) is 59.3 Å². The maximum absolute atomic E-state index is 13.0. The Morgan fingerprint density at radius 2 is 1.91 bits per heavy atom. The molecule has 1 aliphatic rings. The highest BCUT2D eigenvalue weighted by atomic mass is 32.1. The van der Waals surface area contributed by atoms with Crippen molar-refractivity contribution in [3.8, 4) is 0 Å². The molecule has 2 N–H and O–H groups in total. The van der Waals surface area contributed by atoms with Crippen LogP contribution in [0.4, 0.5) is 5.69 Å². The van der Waals surface area contributed by atoms with Crippen molar-refractivity contribution in [2.45, 2.75) is 53.1 Å². The molecular weight excluding hydrogens is 428 g/mol. The standard InChI is InChI=1S/C27H34N4OS/c1-5-30-12-6-7-23(30)17-31(27(33)29-24-13-18(2)8-10-20(24)4)16-22-15-21-11-9-19(3)14-25(21)28-26(22)32/h8-11,13-15,23H,5-7,12,16-17H2,1-4H3,(H,28,32)(H,29,33). The van der Waals surface area contributed by atoms with Gasteiger partial charge in [0.2, 0.25) is 0 Å². The summed E-state index contributed by atoms with van der Waals surface area (Å²) >= 11 is 5.91. The summed E-state index contributed by atoms with van der Waals surface area (Å²) in [6, 6.07) is 14.9. The average molecular weight is 463 g/mol. The summed E-state index contributed by atoms with van der Waals surface area (Å²) in [6.07, 6.45) is 2.36. The SMILES string of the molecule is CCN1CCCC1CN(Cc1cc2ccc(C)cc2[nH]c1=O)C(=S)Nc1cc(C)ccc1C. The molecule has 5 nitrogen and oxygen atoms in total.